The Morgan fingerprint density at radius 1 is 0.968 bits per heavy atom. The number of hydrogen-bond acceptors (Lipinski definition) is 5. The summed E-state index contributed by atoms with van der Waals surface area (Å²) < 4.78 is 10.7. The molecule has 0 radical (unpaired) electrons. The van der Waals surface area contributed by atoms with Gasteiger partial charge in [-0.1, -0.05) is 13.8 Å². The Hall–Kier alpha value is -2.57. The van der Waals surface area contributed by atoms with Gasteiger partial charge in [-0.3, -0.25) is 9.59 Å². The van der Waals surface area contributed by atoms with Crippen LogP contribution in [0, 0.1) is 5.92 Å². The van der Waals surface area contributed by atoms with E-state index in [9.17, 15) is 14.4 Å². The molecule has 0 aliphatic heterocycles. The molecular weight excluding hydrogens is 396 g/mol. The molecule has 1 aromatic rings. The Morgan fingerprint density at radius 3 is 2.00 bits per heavy atom. The maximum absolute atomic E-state index is 13.1. The lowest BCUT2D eigenvalue weighted by Crippen LogP contribution is -2.43. The van der Waals surface area contributed by atoms with Gasteiger partial charge < -0.3 is 19.7 Å². The molecule has 0 spiro atoms. The zero-order valence-corrected chi connectivity index (χ0v) is 20.3. The molecule has 0 aliphatic carbocycles. The molecule has 2 amide bonds. The molecule has 0 heterocycles. The van der Waals surface area contributed by atoms with Crippen molar-refractivity contribution in [1.29, 1.82) is 0 Å². The number of rotatable bonds is 10. The number of nitrogens with zero attached hydrogens (tertiary/aromatic N) is 1. The fourth-order valence-corrected chi connectivity index (χ4v) is 3.47. The number of carbonyl (C=O) groups excluding carboxylic acids is 3. The van der Waals surface area contributed by atoms with E-state index in [2.05, 4.69) is 5.32 Å². The lowest BCUT2D eigenvalue weighted by atomic mass is 10.0. The van der Waals surface area contributed by atoms with Gasteiger partial charge in [0.1, 0.15) is 11.8 Å². The van der Waals surface area contributed by atoms with Crippen molar-refractivity contribution in [1.82, 2.24) is 10.2 Å². The van der Waals surface area contributed by atoms with E-state index < -0.39 is 17.9 Å². The maximum atomic E-state index is 13.1. The minimum absolute atomic E-state index is 0.0294. The highest BCUT2D eigenvalue weighted by molar-refractivity contribution is 6.01. The normalized spacial score (nSPS) is 12.3. The molecule has 7 heteroatoms. The van der Waals surface area contributed by atoms with Crippen LogP contribution in [0.4, 0.5) is 0 Å². The van der Waals surface area contributed by atoms with Crippen molar-refractivity contribution in [3.63, 3.8) is 0 Å². The summed E-state index contributed by atoms with van der Waals surface area (Å²) >= 11 is 0. The highest BCUT2D eigenvalue weighted by atomic mass is 16.5. The summed E-state index contributed by atoms with van der Waals surface area (Å²) in [6.07, 6.45) is 0.253. The largest absolute Gasteiger partial charge is 0.490 e. The van der Waals surface area contributed by atoms with Crippen molar-refractivity contribution < 1.29 is 23.9 Å². The summed E-state index contributed by atoms with van der Waals surface area (Å²) in [6, 6.07) is 4.09. The zero-order valence-electron chi connectivity index (χ0n) is 20.3. The van der Waals surface area contributed by atoms with Crippen LogP contribution in [0.2, 0.25) is 0 Å². The molecule has 174 valence electrons. The first kappa shape index (κ1) is 26.5. The summed E-state index contributed by atoms with van der Waals surface area (Å²) in [6.45, 7) is 15.5. The number of amides is 2. The van der Waals surface area contributed by atoms with Crippen molar-refractivity contribution in [3.8, 4) is 5.75 Å². The number of esters is 1. The van der Waals surface area contributed by atoms with E-state index in [1.54, 1.807) is 23.1 Å². The van der Waals surface area contributed by atoms with Crippen LogP contribution in [0.5, 0.6) is 5.75 Å². The molecular formula is C24H38N2O5. The summed E-state index contributed by atoms with van der Waals surface area (Å²) in [5.74, 6) is -0.578. The van der Waals surface area contributed by atoms with Gasteiger partial charge in [-0.2, -0.15) is 0 Å². The second-order valence-electron chi connectivity index (χ2n) is 8.96. The van der Waals surface area contributed by atoms with E-state index in [0.717, 1.165) is 0 Å². The zero-order chi connectivity index (χ0) is 23.9. The standard InChI is InChI=1S/C24H38N2O5/c1-14(2)12-20(24(29)30-9)25-22(27)19-11-10-18(13-21(19)31-17(7)8)23(28)26(15(3)4)16(5)6/h10-11,13-17,20H,12H2,1-9H3,(H,25,27). The summed E-state index contributed by atoms with van der Waals surface area (Å²) in [4.78, 5) is 40.0. The van der Waals surface area contributed by atoms with Crippen LogP contribution in [-0.4, -0.2) is 54.0 Å². The van der Waals surface area contributed by atoms with Crippen molar-refractivity contribution in [2.24, 2.45) is 5.92 Å². The van der Waals surface area contributed by atoms with Gasteiger partial charge in [0.05, 0.1) is 18.8 Å². The van der Waals surface area contributed by atoms with Gasteiger partial charge in [0.2, 0.25) is 0 Å². The molecule has 1 unspecified atom stereocenters. The number of ether oxygens (including phenoxy) is 2. The number of carbonyl (C=O) groups is 3. The van der Waals surface area contributed by atoms with E-state index in [1.807, 2.05) is 55.4 Å². The lowest BCUT2D eigenvalue weighted by molar-refractivity contribution is -0.143. The van der Waals surface area contributed by atoms with Crippen LogP contribution in [-0.2, 0) is 9.53 Å². The van der Waals surface area contributed by atoms with Gasteiger partial charge in [0, 0.05) is 17.6 Å². The Bertz CT molecular complexity index is 763. The third-order valence-electron chi connectivity index (χ3n) is 4.68. The van der Waals surface area contributed by atoms with Gasteiger partial charge in [-0.25, -0.2) is 4.79 Å². The van der Waals surface area contributed by atoms with Gasteiger partial charge in [0.15, 0.2) is 0 Å². The topological polar surface area (TPSA) is 84.9 Å². The number of hydrogen-bond donors (Lipinski definition) is 1. The van der Waals surface area contributed by atoms with Crippen LogP contribution in [0.1, 0.15) is 82.5 Å². The van der Waals surface area contributed by atoms with Crippen molar-refractivity contribution in [2.75, 3.05) is 7.11 Å². The Balaban J connectivity index is 3.30. The third kappa shape index (κ3) is 7.56. The lowest BCUT2D eigenvalue weighted by Gasteiger charge is -2.31. The van der Waals surface area contributed by atoms with Gasteiger partial charge in [-0.05, 0) is 72.1 Å². The van der Waals surface area contributed by atoms with Crippen LogP contribution in [0.15, 0.2) is 18.2 Å². The molecule has 0 saturated heterocycles. The van der Waals surface area contributed by atoms with E-state index in [0.29, 0.717) is 17.7 Å². The maximum Gasteiger partial charge on any atom is 0.328 e. The second-order valence-corrected chi connectivity index (χ2v) is 8.96. The smallest absolute Gasteiger partial charge is 0.328 e. The average Bonchev–Trinajstić information content (AvgIpc) is 2.65. The number of methoxy groups -OCH3 is 1. The van der Waals surface area contributed by atoms with Crippen molar-refractivity contribution >= 4 is 17.8 Å². The van der Waals surface area contributed by atoms with Crippen molar-refractivity contribution in [3.05, 3.63) is 29.3 Å². The summed E-state index contributed by atoms with van der Waals surface area (Å²) in [7, 11) is 1.30. The molecule has 1 rings (SSSR count). The fourth-order valence-electron chi connectivity index (χ4n) is 3.47. The number of benzene rings is 1. The SMILES string of the molecule is COC(=O)C(CC(C)C)NC(=O)c1ccc(C(=O)N(C(C)C)C(C)C)cc1OC(C)C. The first-order valence-corrected chi connectivity index (χ1v) is 10.9. The first-order valence-electron chi connectivity index (χ1n) is 10.9. The third-order valence-corrected chi connectivity index (χ3v) is 4.68. The van der Waals surface area contributed by atoms with Crippen molar-refractivity contribution in [2.45, 2.75) is 86.0 Å². The van der Waals surface area contributed by atoms with Crippen LogP contribution >= 0.6 is 0 Å². The molecule has 0 bridgehead atoms. The Kier molecular flexibility index (Phi) is 10.0. The van der Waals surface area contributed by atoms with E-state index in [4.69, 9.17) is 9.47 Å². The van der Waals surface area contributed by atoms with Crippen LogP contribution < -0.4 is 10.1 Å². The van der Waals surface area contributed by atoms with Gasteiger partial charge in [0.25, 0.3) is 11.8 Å². The fraction of sp³-hybridized carbons (Fsp3) is 0.625. The summed E-state index contributed by atoms with van der Waals surface area (Å²) in [5.41, 5.74) is 0.713. The quantitative estimate of drug-likeness (QED) is 0.562. The Morgan fingerprint density at radius 2 is 1.55 bits per heavy atom. The highest BCUT2D eigenvalue weighted by Crippen LogP contribution is 2.24. The minimum atomic E-state index is -0.761. The van der Waals surface area contributed by atoms with E-state index in [-0.39, 0.29) is 35.6 Å². The molecule has 0 saturated carbocycles. The second kappa shape index (κ2) is 11.7. The molecule has 1 N–H and O–H groups in total. The molecule has 1 aromatic carbocycles. The molecule has 31 heavy (non-hydrogen) atoms. The van der Waals surface area contributed by atoms with Crippen LogP contribution in [0.3, 0.4) is 0 Å². The highest BCUT2D eigenvalue weighted by Gasteiger charge is 2.27. The van der Waals surface area contributed by atoms with E-state index >= 15 is 0 Å². The average molecular weight is 435 g/mol. The van der Waals surface area contributed by atoms with Crippen LogP contribution in [0.25, 0.3) is 0 Å². The molecule has 0 aromatic heterocycles. The predicted octanol–water partition coefficient (Wildman–Crippen LogP) is 4.05. The number of nitrogens with one attached hydrogen (secondary N) is 1. The molecule has 1 atom stereocenters. The molecule has 7 nitrogen and oxygen atoms in total. The Labute approximate surface area is 186 Å². The molecule has 0 fully saturated rings. The minimum Gasteiger partial charge on any atom is -0.490 e. The van der Waals surface area contributed by atoms with Gasteiger partial charge >= 0.3 is 5.97 Å². The molecule has 0 aliphatic rings. The summed E-state index contributed by atoms with van der Waals surface area (Å²) in [5, 5.41) is 2.75. The first-order chi connectivity index (χ1) is 14.4. The monoisotopic (exact) mass is 434 g/mol. The predicted molar refractivity (Wildman–Crippen MR) is 121 cm³/mol. The van der Waals surface area contributed by atoms with E-state index in [1.165, 1.54) is 7.11 Å². The van der Waals surface area contributed by atoms with Gasteiger partial charge in [-0.15, -0.1) is 0 Å².